The number of cyclic esters (lactones) is 1. The third-order valence-electron chi connectivity index (χ3n) is 1.50. The van der Waals surface area contributed by atoms with Crippen molar-refractivity contribution in [2.75, 3.05) is 0 Å². The van der Waals surface area contributed by atoms with Gasteiger partial charge >= 0.3 is 11.9 Å². The van der Waals surface area contributed by atoms with Gasteiger partial charge in [0.05, 0.1) is 6.10 Å². The molecule has 1 atom stereocenters. The molecule has 0 aliphatic carbocycles. The van der Waals surface area contributed by atoms with Gasteiger partial charge < -0.3 is 9.47 Å². The standard InChI is InChI=1S/C8H12O4/c1-5(2)11-8(10)6-3-4-7(9)12-6/h5-6H,3-4H2,1-2H3. The molecule has 0 aromatic carbocycles. The minimum atomic E-state index is -0.667. The number of esters is 2. The zero-order valence-electron chi connectivity index (χ0n) is 7.20. The summed E-state index contributed by atoms with van der Waals surface area (Å²) < 4.78 is 9.58. The molecule has 0 amide bonds. The number of carbonyl (C=O) groups excluding carboxylic acids is 2. The summed E-state index contributed by atoms with van der Waals surface area (Å²) in [5.41, 5.74) is 0. The van der Waals surface area contributed by atoms with Crippen molar-refractivity contribution in [1.82, 2.24) is 0 Å². The third kappa shape index (κ3) is 2.22. The Bertz CT molecular complexity index is 197. The van der Waals surface area contributed by atoms with Crippen LogP contribution in [0.25, 0.3) is 0 Å². The predicted molar refractivity (Wildman–Crippen MR) is 40.3 cm³/mol. The number of ether oxygens (including phenoxy) is 2. The van der Waals surface area contributed by atoms with E-state index >= 15 is 0 Å². The molecule has 1 unspecified atom stereocenters. The molecule has 1 aliphatic heterocycles. The molecule has 0 N–H and O–H groups in total. The van der Waals surface area contributed by atoms with E-state index in [-0.39, 0.29) is 12.1 Å². The van der Waals surface area contributed by atoms with Crippen molar-refractivity contribution in [3.8, 4) is 0 Å². The Kier molecular flexibility index (Phi) is 2.68. The van der Waals surface area contributed by atoms with Crippen molar-refractivity contribution in [1.29, 1.82) is 0 Å². The van der Waals surface area contributed by atoms with Gasteiger partial charge in [0.2, 0.25) is 0 Å². The van der Waals surface area contributed by atoms with Crippen molar-refractivity contribution < 1.29 is 19.1 Å². The molecular formula is C8H12O4. The molecule has 4 nitrogen and oxygen atoms in total. The molecule has 4 heteroatoms. The van der Waals surface area contributed by atoms with E-state index in [4.69, 9.17) is 9.47 Å². The highest BCUT2D eigenvalue weighted by molar-refractivity contribution is 5.82. The first kappa shape index (κ1) is 9.03. The largest absolute Gasteiger partial charge is 0.460 e. The number of hydrogen-bond donors (Lipinski definition) is 0. The van der Waals surface area contributed by atoms with Gasteiger partial charge in [-0.15, -0.1) is 0 Å². The van der Waals surface area contributed by atoms with Crippen molar-refractivity contribution >= 4 is 11.9 Å². The van der Waals surface area contributed by atoms with Crippen LogP contribution < -0.4 is 0 Å². The van der Waals surface area contributed by atoms with E-state index in [2.05, 4.69) is 0 Å². The van der Waals surface area contributed by atoms with Gasteiger partial charge in [-0.05, 0) is 13.8 Å². The van der Waals surface area contributed by atoms with Crippen LogP contribution in [0.5, 0.6) is 0 Å². The lowest BCUT2D eigenvalue weighted by atomic mass is 10.2. The zero-order valence-corrected chi connectivity index (χ0v) is 7.20. The van der Waals surface area contributed by atoms with Gasteiger partial charge in [0.1, 0.15) is 0 Å². The summed E-state index contributed by atoms with van der Waals surface area (Å²) in [6.45, 7) is 3.52. The molecule has 0 aromatic rings. The lowest BCUT2D eigenvalue weighted by Crippen LogP contribution is -2.25. The Labute approximate surface area is 70.8 Å². The normalized spacial score (nSPS) is 22.6. The summed E-state index contributed by atoms with van der Waals surface area (Å²) >= 11 is 0. The quantitative estimate of drug-likeness (QED) is 0.574. The third-order valence-corrected chi connectivity index (χ3v) is 1.50. The predicted octanol–water partition coefficient (Wildman–Crippen LogP) is 0.644. The van der Waals surface area contributed by atoms with Crippen LogP contribution in [0.2, 0.25) is 0 Å². The Hall–Kier alpha value is -1.06. The van der Waals surface area contributed by atoms with Crippen LogP contribution >= 0.6 is 0 Å². The zero-order chi connectivity index (χ0) is 9.14. The Morgan fingerprint density at radius 2 is 2.33 bits per heavy atom. The number of rotatable bonds is 2. The number of hydrogen-bond acceptors (Lipinski definition) is 4. The maximum Gasteiger partial charge on any atom is 0.347 e. The summed E-state index contributed by atoms with van der Waals surface area (Å²) in [6.07, 6.45) is -0.0564. The van der Waals surface area contributed by atoms with E-state index in [9.17, 15) is 9.59 Å². The highest BCUT2D eigenvalue weighted by Gasteiger charge is 2.31. The minimum absolute atomic E-state index is 0.156. The molecule has 0 bridgehead atoms. The second-order valence-electron chi connectivity index (χ2n) is 3.00. The van der Waals surface area contributed by atoms with Crippen molar-refractivity contribution in [2.45, 2.75) is 38.9 Å². The Morgan fingerprint density at radius 1 is 1.67 bits per heavy atom. The molecule has 1 saturated heterocycles. The maximum absolute atomic E-state index is 11.1. The summed E-state index contributed by atoms with van der Waals surface area (Å²) in [4.78, 5) is 21.7. The minimum Gasteiger partial charge on any atom is -0.460 e. The molecule has 12 heavy (non-hydrogen) atoms. The highest BCUT2D eigenvalue weighted by Crippen LogP contribution is 2.15. The van der Waals surface area contributed by atoms with Gasteiger partial charge in [-0.3, -0.25) is 4.79 Å². The molecule has 1 rings (SSSR count). The first-order chi connectivity index (χ1) is 5.59. The van der Waals surface area contributed by atoms with E-state index in [0.717, 1.165) is 0 Å². The van der Waals surface area contributed by atoms with Crippen molar-refractivity contribution in [3.63, 3.8) is 0 Å². The number of carbonyl (C=O) groups is 2. The van der Waals surface area contributed by atoms with Crippen LogP contribution in [0.15, 0.2) is 0 Å². The van der Waals surface area contributed by atoms with E-state index in [1.165, 1.54) is 0 Å². The fourth-order valence-corrected chi connectivity index (χ4v) is 1.000. The van der Waals surface area contributed by atoms with E-state index < -0.39 is 12.1 Å². The van der Waals surface area contributed by atoms with Gasteiger partial charge in [-0.25, -0.2) is 4.79 Å². The average molecular weight is 172 g/mol. The second kappa shape index (κ2) is 3.56. The second-order valence-corrected chi connectivity index (χ2v) is 3.00. The molecule has 1 aliphatic rings. The monoisotopic (exact) mass is 172 g/mol. The Balaban J connectivity index is 2.38. The van der Waals surface area contributed by atoms with Crippen LogP contribution in [-0.4, -0.2) is 24.1 Å². The van der Waals surface area contributed by atoms with Crippen LogP contribution in [0, 0.1) is 0 Å². The molecule has 0 spiro atoms. The molecule has 68 valence electrons. The summed E-state index contributed by atoms with van der Waals surface area (Å²) in [5.74, 6) is -0.753. The van der Waals surface area contributed by atoms with Crippen LogP contribution in [-0.2, 0) is 19.1 Å². The molecule has 0 radical (unpaired) electrons. The Morgan fingerprint density at radius 3 is 2.75 bits per heavy atom. The first-order valence-electron chi connectivity index (χ1n) is 3.99. The van der Waals surface area contributed by atoms with Gasteiger partial charge in [0.25, 0.3) is 0 Å². The first-order valence-corrected chi connectivity index (χ1v) is 3.99. The van der Waals surface area contributed by atoms with E-state index in [1.54, 1.807) is 13.8 Å². The lowest BCUT2D eigenvalue weighted by Gasteiger charge is -2.11. The summed E-state index contributed by atoms with van der Waals surface area (Å²) in [6, 6.07) is 0. The van der Waals surface area contributed by atoms with Gasteiger partial charge in [0, 0.05) is 12.8 Å². The molecule has 0 aromatic heterocycles. The summed E-state index contributed by atoms with van der Waals surface area (Å²) in [5, 5.41) is 0. The smallest absolute Gasteiger partial charge is 0.347 e. The molecule has 1 heterocycles. The van der Waals surface area contributed by atoms with Crippen LogP contribution in [0.4, 0.5) is 0 Å². The van der Waals surface area contributed by atoms with Crippen molar-refractivity contribution in [3.05, 3.63) is 0 Å². The fraction of sp³-hybridized carbons (Fsp3) is 0.750. The van der Waals surface area contributed by atoms with Crippen LogP contribution in [0.3, 0.4) is 0 Å². The topological polar surface area (TPSA) is 52.6 Å². The molecular weight excluding hydrogens is 160 g/mol. The lowest BCUT2D eigenvalue weighted by molar-refractivity contribution is -0.164. The molecule has 1 fully saturated rings. The van der Waals surface area contributed by atoms with Crippen molar-refractivity contribution in [2.24, 2.45) is 0 Å². The van der Waals surface area contributed by atoms with E-state index in [1.807, 2.05) is 0 Å². The van der Waals surface area contributed by atoms with Gasteiger partial charge in [0.15, 0.2) is 6.10 Å². The molecule has 0 saturated carbocycles. The summed E-state index contributed by atoms with van der Waals surface area (Å²) in [7, 11) is 0. The van der Waals surface area contributed by atoms with Crippen LogP contribution in [0.1, 0.15) is 26.7 Å². The fourth-order valence-electron chi connectivity index (χ4n) is 1.000. The SMILES string of the molecule is CC(C)OC(=O)C1CCC(=O)O1. The highest BCUT2D eigenvalue weighted by atomic mass is 16.6. The maximum atomic E-state index is 11.1. The average Bonchev–Trinajstić information content (AvgIpc) is 2.34. The van der Waals surface area contributed by atoms with Gasteiger partial charge in [-0.1, -0.05) is 0 Å². The van der Waals surface area contributed by atoms with E-state index in [0.29, 0.717) is 12.8 Å². The van der Waals surface area contributed by atoms with Gasteiger partial charge in [-0.2, -0.15) is 0 Å².